The van der Waals surface area contributed by atoms with Crippen molar-refractivity contribution < 1.29 is 23.1 Å². The third-order valence-corrected chi connectivity index (χ3v) is 5.18. The first-order valence-electron chi connectivity index (χ1n) is 8.02. The fourth-order valence-corrected chi connectivity index (χ4v) is 3.65. The smallest absolute Gasteiger partial charge is 0.337 e. The Kier molecular flexibility index (Phi) is 6.20. The van der Waals surface area contributed by atoms with Gasteiger partial charge in [-0.15, -0.1) is 0 Å². The Morgan fingerprint density at radius 1 is 1.42 bits per heavy atom. The van der Waals surface area contributed by atoms with Gasteiger partial charge in [0.05, 0.1) is 16.6 Å². The Balaban J connectivity index is 2.17. The van der Waals surface area contributed by atoms with Gasteiger partial charge in [0.2, 0.25) is 10.0 Å². The van der Waals surface area contributed by atoms with Crippen LogP contribution in [0.4, 0.5) is 5.69 Å². The molecule has 0 spiro atoms. The molecule has 1 atom stereocenters. The molecule has 0 aliphatic carbocycles. The highest BCUT2D eigenvalue weighted by Crippen LogP contribution is 2.22. The van der Waals surface area contributed by atoms with Gasteiger partial charge in [-0.3, -0.25) is 0 Å². The minimum atomic E-state index is -3.72. The summed E-state index contributed by atoms with van der Waals surface area (Å²) in [5, 5.41) is 12.4. The summed E-state index contributed by atoms with van der Waals surface area (Å²) in [6.45, 7) is 5.30. The molecule has 3 N–H and O–H groups in total. The van der Waals surface area contributed by atoms with Gasteiger partial charge >= 0.3 is 5.97 Å². The summed E-state index contributed by atoms with van der Waals surface area (Å²) in [5.74, 6) is -1.02. The third-order valence-electron chi connectivity index (χ3n) is 3.76. The summed E-state index contributed by atoms with van der Waals surface area (Å²) in [7, 11) is -3.72. The Morgan fingerprint density at radius 2 is 2.17 bits per heavy atom. The topological polar surface area (TPSA) is 105 Å². The van der Waals surface area contributed by atoms with Crippen LogP contribution in [-0.2, 0) is 14.8 Å². The molecular weight excluding hydrogens is 332 g/mol. The van der Waals surface area contributed by atoms with Gasteiger partial charge in [0.25, 0.3) is 0 Å². The fourth-order valence-electron chi connectivity index (χ4n) is 2.41. The van der Waals surface area contributed by atoms with Gasteiger partial charge in [-0.05, 0) is 37.0 Å². The summed E-state index contributed by atoms with van der Waals surface area (Å²) in [6, 6.07) is 4.08. The molecule has 1 heterocycles. The molecule has 1 fully saturated rings. The van der Waals surface area contributed by atoms with Crippen molar-refractivity contribution >= 4 is 21.7 Å². The maximum Gasteiger partial charge on any atom is 0.337 e. The minimum absolute atomic E-state index is 0.0526. The third kappa shape index (κ3) is 4.93. The molecule has 0 bridgehead atoms. The molecule has 8 heteroatoms. The Bertz CT molecular complexity index is 682. The lowest BCUT2D eigenvalue weighted by Crippen LogP contribution is -2.28. The average Bonchev–Trinajstić information content (AvgIpc) is 3.04. The molecule has 1 aliphatic heterocycles. The number of ether oxygens (including phenoxy) is 1. The highest BCUT2D eigenvalue weighted by atomic mass is 32.2. The molecule has 2 rings (SSSR count). The molecule has 1 aromatic rings. The minimum Gasteiger partial charge on any atom is -0.478 e. The van der Waals surface area contributed by atoms with Crippen molar-refractivity contribution in [3.63, 3.8) is 0 Å². The number of carboxylic acid groups (broad SMARTS) is 1. The van der Waals surface area contributed by atoms with Gasteiger partial charge in [0, 0.05) is 25.4 Å². The highest BCUT2D eigenvalue weighted by molar-refractivity contribution is 7.89. The van der Waals surface area contributed by atoms with E-state index < -0.39 is 16.0 Å². The summed E-state index contributed by atoms with van der Waals surface area (Å²) in [4.78, 5) is 11.4. The van der Waals surface area contributed by atoms with Crippen LogP contribution in [0.15, 0.2) is 23.1 Å². The maximum atomic E-state index is 12.2. The van der Waals surface area contributed by atoms with Gasteiger partial charge in [-0.25, -0.2) is 17.9 Å². The molecule has 0 unspecified atom stereocenters. The zero-order chi connectivity index (χ0) is 17.7. The molecule has 0 aromatic heterocycles. The molecule has 0 amide bonds. The normalized spacial score (nSPS) is 18.0. The van der Waals surface area contributed by atoms with Gasteiger partial charge in [0.15, 0.2) is 0 Å². The first-order valence-corrected chi connectivity index (χ1v) is 9.50. The summed E-state index contributed by atoms with van der Waals surface area (Å²) in [5.41, 5.74) is 0.321. The first-order chi connectivity index (χ1) is 11.3. The molecule has 0 radical (unpaired) electrons. The van der Waals surface area contributed by atoms with E-state index in [-0.39, 0.29) is 22.5 Å². The van der Waals surface area contributed by atoms with Crippen molar-refractivity contribution in [2.75, 3.05) is 25.0 Å². The van der Waals surface area contributed by atoms with E-state index >= 15 is 0 Å². The van der Waals surface area contributed by atoms with Gasteiger partial charge in [-0.2, -0.15) is 0 Å². The number of anilines is 1. The lowest BCUT2D eigenvalue weighted by atomic mass is 10.1. The van der Waals surface area contributed by atoms with E-state index in [1.54, 1.807) is 0 Å². The summed E-state index contributed by atoms with van der Waals surface area (Å²) >= 11 is 0. The van der Waals surface area contributed by atoms with Crippen molar-refractivity contribution in [3.8, 4) is 0 Å². The SMILES string of the molecule is CC(C)CNS(=O)(=O)c1ccc(NC[C@@H]2CCCO2)c(C(=O)O)c1. The predicted molar refractivity (Wildman–Crippen MR) is 90.9 cm³/mol. The zero-order valence-electron chi connectivity index (χ0n) is 13.9. The van der Waals surface area contributed by atoms with Crippen LogP contribution in [0.25, 0.3) is 0 Å². The van der Waals surface area contributed by atoms with E-state index in [0.717, 1.165) is 19.4 Å². The monoisotopic (exact) mass is 356 g/mol. The summed E-state index contributed by atoms with van der Waals surface area (Å²) < 4.78 is 32.5. The number of hydrogen-bond donors (Lipinski definition) is 3. The molecule has 1 aliphatic rings. The van der Waals surface area contributed by atoms with E-state index in [1.165, 1.54) is 18.2 Å². The Morgan fingerprint density at radius 3 is 2.75 bits per heavy atom. The van der Waals surface area contributed by atoms with Crippen molar-refractivity contribution in [3.05, 3.63) is 23.8 Å². The van der Waals surface area contributed by atoms with Crippen LogP contribution in [0.1, 0.15) is 37.0 Å². The molecule has 24 heavy (non-hydrogen) atoms. The van der Waals surface area contributed by atoms with Gasteiger partial charge in [0.1, 0.15) is 0 Å². The van der Waals surface area contributed by atoms with Crippen molar-refractivity contribution in [1.29, 1.82) is 0 Å². The number of hydrogen-bond acceptors (Lipinski definition) is 5. The zero-order valence-corrected chi connectivity index (χ0v) is 14.7. The summed E-state index contributed by atoms with van der Waals surface area (Å²) in [6.07, 6.45) is 1.99. The van der Waals surface area contributed by atoms with Crippen LogP contribution < -0.4 is 10.0 Å². The van der Waals surface area contributed by atoms with Crippen LogP contribution in [0.2, 0.25) is 0 Å². The number of rotatable bonds is 8. The number of aromatic carboxylic acids is 1. The second-order valence-electron chi connectivity index (χ2n) is 6.27. The standard InChI is InChI=1S/C16H24N2O5S/c1-11(2)9-18-24(21,22)13-5-6-15(14(8-13)16(19)20)17-10-12-4-3-7-23-12/h5-6,8,11-12,17-18H,3-4,7,9-10H2,1-2H3,(H,19,20)/t12-/m0/s1. The van der Waals surface area contributed by atoms with E-state index in [1.807, 2.05) is 13.8 Å². The van der Waals surface area contributed by atoms with E-state index in [9.17, 15) is 18.3 Å². The second kappa shape index (κ2) is 7.96. The fraction of sp³-hybridized carbons (Fsp3) is 0.562. The number of nitrogens with one attached hydrogen (secondary N) is 2. The average molecular weight is 356 g/mol. The molecule has 0 saturated carbocycles. The lowest BCUT2D eigenvalue weighted by molar-refractivity contribution is 0.0697. The molecule has 1 saturated heterocycles. The van der Waals surface area contributed by atoms with Gasteiger partial charge < -0.3 is 15.2 Å². The van der Waals surface area contributed by atoms with Crippen molar-refractivity contribution in [1.82, 2.24) is 4.72 Å². The quantitative estimate of drug-likeness (QED) is 0.657. The second-order valence-corrected chi connectivity index (χ2v) is 8.04. The molecule has 134 valence electrons. The molecule has 7 nitrogen and oxygen atoms in total. The van der Waals surface area contributed by atoms with Crippen LogP contribution in [0.3, 0.4) is 0 Å². The van der Waals surface area contributed by atoms with Crippen LogP contribution in [0.5, 0.6) is 0 Å². The highest BCUT2D eigenvalue weighted by Gasteiger charge is 2.20. The number of carboxylic acids is 1. The van der Waals surface area contributed by atoms with E-state index in [0.29, 0.717) is 18.8 Å². The number of benzene rings is 1. The first kappa shape index (κ1) is 18.7. The van der Waals surface area contributed by atoms with Crippen LogP contribution in [0, 0.1) is 5.92 Å². The van der Waals surface area contributed by atoms with Crippen molar-refractivity contribution in [2.24, 2.45) is 5.92 Å². The molecule has 1 aromatic carbocycles. The van der Waals surface area contributed by atoms with E-state index in [2.05, 4.69) is 10.0 Å². The maximum absolute atomic E-state index is 12.2. The predicted octanol–water partition coefficient (Wildman–Crippen LogP) is 1.91. The van der Waals surface area contributed by atoms with Gasteiger partial charge in [-0.1, -0.05) is 13.8 Å². The van der Waals surface area contributed by atoms with Crippen LogP contribution in [-0.4, -0.2) is 45.3 Å². The molecular formula is C16H24N2O5S. The number of carbonyl (C=O) groups is 1. The van der Waals surface area contributed by atoms with Crippen LogP contribution >= 0.6 is 0 Å². The van der Waals surface area contributed by atoms with E-state index in [4.69, 9.17) is 4.74 Å². The Labute approximate surface area is 142 Å². The Hall–Kier alpha value is -1.64. The number of sulfonamides is 1. The lowest BCUT2D eigenvalue weighted by Gasteiger charge is -2.15. The van der Waals surface area contributed by atoms with Crippen molar-refractivity contribution in [2.45, 2.75) is 37.7 Å². The largest absolute Gasteiger partial charge is 0.478 e.